The van der Waals surface area contributed by atoms with Crippen molar-refractivity contribution in [1.82, 2.24) is 4.90 Å². The van der Waals surface area contributed by atoms with Crippen molar-refractivity contribution >= 4 is 0 Å². The van der Waals surface area contributed by atoms with Gasteiger partial charge in [0.1, 0.15) is 0 Å². The maximum absolute atomic E-state index is 12.6. The van der Waals surface area contributed by atoms with E-state index in [1.54, 1.807) is 0 Å². The van der Waals surface area contributed by atoms with Crippen LogP contribution in [0.2, 0.25) is 0 Å². The second-order valence-electron chi connectivity index (χ2n) is 6.39. The van der Waals surface area contributed by atoms with E-state index in [0.717, 1.165) is 37.9 Å². The predicted molar refractivity (Wildman–Crippen MR) is 80.0 cm³/mol. The van der Waals surface area contributed by atoms with Gasteiger partial charge in [0, 0.05) is 19.1 Å². The van der Waals surface area contributed by atoms with E-state index in [-0.39, 0.29) is 6.10 Å². The molecule has 0 spiro atoms. The Morgan fingerprint density at radius 2 is 1.87 bits per heavy atom. The molecule has 2 aliphatic rings. The van der Waals surface area contributed by atoms with Gasteiger partial charge in [-0.2, -0.15) is 13.2 Å². The first-order valence-electron chi connectivity index (χ1n) is 8.16. The Kier molecular flexibility index (Phi) is 4.94. The Bertz CT molecular complexity index is 516. The third-order valence-corrected chi connectivity index (χ3v) is 4.88. The van der Waals surface area contributed by atoms with E-state index in [0.29, 0.717) is 24.8 Å². The highest BCUT2D eigenvalue weighted by Gasteiger charge is 2.35. The first-order valence-corrected chi connectivity index (χ1v) is 8.16. The Morgan fingerprint density at radius 3 is 2.57 bits per heavy atom. The summed E-state index contributed by atoms with van der Waals surface area (Å²) in [7, 11) is 0. The number of aliphatic hydroxyl groups is 1. The van der Waals surface area contributed by atoms with Crippen LogP contribution in [-0.2, 0) is 10.9 Å². The summed E-state index contributed by atoms with van der Waals surface area (Å²) in [4.78, 5) is 2.23. The van der Waals surface area contributed by atoms with E-state index in [4.69, 9.17) is 4.74 Å². The minimum atomic E-state index is -4.34. The second-order valence-corrected chi connectivity index (χ2v) is 6.39. The molecule has 3 unspecified atom stereocenters. The van der Waals surface area contributed by atoms with Crippen molar-refractivity contribution in [3.8, 4) is 0 Å². The van der Waals surface area contributed by atoms with Gasteiger partial charge in [-0.15, -0.1) is 0 Å². The molecule has 3 atom stereocenters. The maximum Gasteiger partial charge on any atom is 0.416 e. The Labute approximate surface area is 134 Å². The topological polar surface area (TPSA) is 32.7 Å². The van der Waals surface area contributed by atoms with Crippen molar-refractivity contribution < 1.29 is 23.0 Å². The number of hydrogen-bond donors (Lipinski definition) is 1. The first kappa shape index (κ1) is 16.7. The summed E-state index contributed by atoms with van der Waals surface area (Å²) in [5.41, 5.74) is -0.163. The van der Waals surface area contributed by atoms with Crippen LogP contribution >= 0.6 is 0 Å². The average molecular weight is 329 g/mol. The summed E-state index contributed by atoms with van der Waals surface area (Å²) in [5.74, 6) is 0. The van der Waals surface area contributed by atoms with Crippen molar-refractivity contribution in [3.63, 3.8) is 0 Å². The van der Waals surface area contributed by atoms with Crippen LogP contribution in [0.5, 0.6) is 0 Å². The number of fused-ring (bicyclic) bond motifs is 1. The van der Waals surface area contributed by atoms with E-state index in [9.17, 15) is 18.3 Å². The summed E-state index contributed by atoms with van der Waals surface area (Å²) in [6, 6.07) is 5.11. The van der Waals surface area contributed by atoms with Gasteiger partial charge in [0.2, 0.25) is 0 Å². The van der Waals surface area contributed by atoms with E-state index >= 15 is 0 Å². The smallest absolute Gasteiger partial charge is 0.387 e. The molecule has 128 valence electrons. The second kappa shape index (κ2) is 6.79. The van der Waals surface area contributed by atoms with Gasteiger partial charge in [0.05, 0.1) is 24.4 Å². The van der Waals surface area contributed by atoms with Gasteiger partial charge < -0.3 is 9.84 Å². The zero-order valence-electron chi connectivity index (χ0n) is 12.9. The summed E-state index contributed by atoms with van der Waals surface area (Å²) < 4.78 is 43.6. The van der Waals surface area contributed by atoms with Gasteiger partial charge in [-0.3, -0.25) is 4.90 Å². The molecule has 0 bridgehead atoms. The molecule has 1 aliphatic carbocycles. The molecule has 0 aromatic heterocycles. The lowest BCUT2D eigenvalue weighted by molar-refractivity contribution is -0.137. The lowest BCUT2D eigenvalue weighted by Gasteiger charge is -2.44. The molecule has 1 aromatic carbocycles. The number of ether oxygens (including phenoxy) is 1. The maximum atomic E-state index is 12.6. The predicted octanol–water partition coefficient (Wildman–Crippen LogP) is 3.38. The molecular weight excluding hydrogens is 307 g/mol. The van der Waals surface area contributed by atoms with Crippen LogP contribution in [0.25, 0.3) is 0 Å². The molecule has 23 heavy (non-hydrogen) atoms. The zero-order valence-corrected chi connectivity index (χ0v) is 12.9. The van der Waals surface area contributed by atoms with E-state index in [2.05, 4.69) is 4.90 Å². The third kappa shape index (κ3) is 3.87. The molecule has 3 nitrogen and oxygen atoms in total. The lowest BCUT2D eigenvalue weighted by atomic mass is 9.89. The molecule has 2 fully saturated rings. The van der Waals surface area contributed by atoms with E-state index < -0.39 is 17.8 Å². The van der Waals surface area contributed by atoms with E-state index in [1.807, 2.05) is 0 Å². The van der Waals surface area contributed by atoms with Crippen LogP contribution in [0.3, 0.4) is 0 Å². The number of benzene rings is 1. The highest BCUT2D eigenvalue weighted by Crippen LogP contribution is 2.32. The van der Waals surface area contributed by atoms with Gasteiger partial charge in [0.25, 0.3) is 0 Å². The van der Waals surface area contributed by atoms with Crippen molar-refractivity contribution in [3.05, 3.63) is 35.4 Å². The van der Waals surface area contributed by atoms with Crippen LogP contribution in [0, 0.1) is 0 Å². The van der Waals surface area contributed by atoms with Gasteiger partial charge in [-0.25, -0.2) is 0 Å². The highest BCUT2D eigenvalue weighted by atomic mass is 19.4. The first-order chi connectivity index (χ1) is 10.9. The fourth-order valence-corrected chi connectivity index (χ4v) is 3.63. The average Bonchev–Trinajstić information content (AvgIpc) is 2.54. The minimum absolute atomic E-state index is 0.234. The lowest BCUT2D eigenvalue weighted by Crippen LogP contribution is -2.53. The fraction of sp³-hybridized carbons (Fsp3) is 0.647. The van der Waals surface area contributed by atoms with Gasteiger partial charge in [-0.1, -0.05) is 25.0 Å². The fourth-order valence-electron chi connectivity index (χ4n) is 3.63. The number of rotatable bonds is 3. The molecule has 1 saturated carbocycles. The summed E-state index contributed by atoms with van der Waals surface area (Å²) in [6.45, 7) is 1.86. The molecule has 1 N–H and O–H groups in total. The molecule has 0 amide bonds. The molecular formula is C17H22F3NO2. The summed E-state index contributed by atoms with van der Waals surface area (Å²) >= 11 is 0. The molecule has 1 saturated heterocycles. The minimum Gasteiger partial charge on any atom is -0.387 e. The van der Waals surface area contributed by atoms with Crippen LogP contribution in [0.4, 0.5) is 13.2 Å². The zero-order chi connectivity index (χ0) is 16.4. The number of β-amino-alcohol motifs (C(OH)–C–C–N with tert-alkyl or cyclic N) is 1. The Morgan fingerprint density at radius 1 is 1.17 bits per heavy atom. The summed E-state index contributed by atoms with van der Waals surface area (Å²) in [6.07, 6.45) is -0.436. The van der Waals surface area contributed by atoms with Gasteiger partial charge >= 0.3 is 6.18 Å². The third-order valence-electron chi connectivity index (χ3n) is 4.88. The van der Waals surface area contributed by atoms with Crippen LogP contribution < -0.4 is 0 Å². The molecule has 1 aliphatic heterocycles. The van der Waals surface area contributed by atoms with Crippen LogP contribution in [0.1, 0.15) is 42.9 Å². The molecule has 1 aromatic rings. The molecule has 1 heterocycles. The SMILES string of the molecule is OC(CN1CCOC2CCCCC21)c1ccc(C(F)(F)F)cc1. The standard InChI is InChI=1S/C17H22F3NO2/c18-17(19,20)13-7-5-12(6-8-13)15(22)11-21-9-10-23-16-4-2-1-3-14(16)21/h5-8,14-16,22H,1-4,9-11H2. The van der Waals surface area contributed by atoms with Crippen molar-refractivity contribution in [2.45, 2.75) is 50.1 Å². The normalized spacial score (nSPS) is 27.5. The quantitative estimate of drug-likeness (QED) is 0.923. The van der Waals surface area contributed by atoms with Crippen molar-refractivity contribution in [2.24, 2.45) is 0 Å². The van der Waals surface area contributed by atoms with Gasteiger partial charge in [0.15, 0.2) is 0 Å². The highest BCUT2D eigenvalue weighted by molar-refractivity contribution is 5.26. The number of morpholine rings is 1. The Balaban J connectivity index is 1.65. The number of nitrogens with zero attached hydrogens (tertiary/aromatic N) is 1. The molecule has 6 heteroatoms. The van der Waals surface area contributed by atoms with Crippen molar-refractivity contribution in [1.29, 1.82) is 0 Å². The summed E-state index contributed by atoms with van der Waals surface area (Å²) in [5, 5.41) is 10.4. The van der Waals surface area contributed by atoms with Crippen molar-refractivity contribution in [2.75, 3.05) is 19.7 Å². The van der Waals surface area contributed by atoms with Crippen LogP contribution in [-0.4, -0.2) is 41.8 Å². The number of hydrogen-bond acceptors (Lipinski definition) is 3. The molecule has 0 radical (unpaired) electrons. The number of aliphatic hydroxyl groups excluding tert-OH is 1. The number of halogens is 3. The molecule has 3 rings (SSSR count). The van der Waals surface area contributed by atoms with Crippen LogP contribution in [0.15, 0.2) is 24.3 Å². The largest absolute Gasteiger partial charge is 0.416 e. The van der Waals surface area contributed by atoms with E-state index in [1.165, 1.54) is 18.6 Å². The number of alkyl halides is 3. The Hall–Kier alpha value is -1.11. The monoisotopic (exact) mass is 329 g/mol. The van der Waals surface area contributed by atoms with Gasteiger partial charge in [-0.05, 0) is 30.5 Å².